The number of esters is 1. The van der Waals surface area contributed by atoms with Crippen molar-refractivity contribution in [2.45, 2.75) is 6.61 Å². The van der Waals surface area contributed by atoms with Gasteiger partial charge in [-0.3, -0.25) is 0 Å². The van der Waals surface area contributed by atoms with Crippen LogP contribution in [0.1, 0.15) is 16.2 Å². The van der Waals surface area contributed by atoms with E-state index >= 15 is 0 Å². The summed E-state index contributed by atoms with van der Waals surface area (Å²) in [5, 5.41) is 13.9. The van der Waals surface area contributed by atoms with Gasteiger partial charge in [-0.05, 0) is 30.3 Å². The van der Waals surface area contributed by atoms with Crippen LogP contribution in [0.5, 0.6) is 0 Å². The van der Waals surface area contributed by atoms with Crippen LogP contribution in [-0.4, -0.2) is 11.0 Å². The molecule has 0 saturated heterocycles. The standard InChI is InChI=1S/C16H11FN2O3S/c17-12-6-4-11(5-7-12)15-18-13(10-23-15)9-22-16(20)14-3-1-2-8-19(14)21/h1-8,10H,9H2. The van der Waals surface area contributed by atoms with Crippen LogP contribution >= 0.6 is 11.3 Å². The molecule has 2 heterocycles. The molecule has 3 rings (SSSR count). The van der Waals surface area contributed by atoms with Crippen molar-refractivity contribution in [2.24, 2.45) is 0 Å². The third-order valence-corrected chi connectivity index (χ3v) is 3.97. The second-order valence-electron chi connectivity index (χ2n) is 4.64. The maximum atomic E-state index is 12.9. The first kappa shape index (κ1) is 15.1. The molecule has 116 valence electrons. The molecule has 0 aliphatic rings. The molecule has 5 nitrogen and oxygen atoms in total. The largest absolute Gasteiger partial charge is 0.618 e. The lowest BCUT2D eigenvalue weighted by Crippen LogP contribution is -2.34. The molecule has 0 atom stereocenters. The molecule has 0 aliphatic heterocycles. The fourth-order valence-electron chi connectivity index (χ4n) is 1.90. The van der Waals surface area contributed by atoms with Gasteiger partial charge in [0.25, 0.3) is 0 Å². The van der Waals surface area contributed by atoms with Gasteiger partial charge >= 0.3 is 11.7 Å². The zero-order chi connectivity index (χ0) is 16.2. The van der Waals surface area contributed by atoms with Crippen molar-refractivity contribution in [1.82, 2.24) is 4.98 Å². The van der Waals surface area contributed by atoms with Crippen molar-refractivity contribution >= 4 is 17.3 Å². The minimum absolute atomic E-state index is 0.0363. The number of carbonyl (C=O) groups is 1. The SMILES string of the molecule is O=C(OCc1csc(-c2ccc(F)cc2)n1)c1cccc[n+]1[O-]. The fraction of sp³-hybridized carbons (Fsp3) is 0.0625. The fourth-order valence-corrected chi connectivity index (χ4v) is 2.71. The quantitative estimate of drug-likeness (QED) is 0.419. The van der Waals surface area contributed by atoms with E-state index in [0.29, 0.717) is 15.4 Å². The van der Waals surface area contributed by atoms with E-state index in [-0.39, 0.29) is 18.1 Å². The first-order chi connectivity index (χ1) is 11.1. The minimum Gasteiger partial charge on any atom is -0.618 e. The molecule has 0 bridgehead atoms. The van der Waals surface area contributed by atoms with E-state index in [2.05, 4.69) is 4.98 Å². The number of benzene rings is 1. The van der Waals surface area contributed by atoms with Crippen molar-refractivity contribution < 1.29 is 18.7 Å². The Hall–Kier alpha value is -2.80. The summed E-state index contributed by atoms with van der Waals surface area (Å²) in [6.45, 7) is -0.0363. The number of hydrogen-bond acceptors (Lipinski definition) is 5. The highest BCUT2D eigenvalue weighted by molar-refractivity contribution is 7.13. The molecule has 0 saturated carbocycles. The van der Waals surface area contributed by atoms with Gasteiger partial charge in [0.15, 0.2) is 6.20 Å². The van der Waals surface area contributed by atoms with E-state index in [1.54, 1.807) is 23.6 Å². The molecule has 2 aromatic heterocycles. The second kappa shape index (κ2) is 6.53. The first-order valence-corrected chi connectivity index (χ1v) is 7.57. The van der Waals surface area contributed by atoms with Crippen molar-refractivity contribution in [2.75, 3.05) is 0 Å². The summed E-state index contributed by atoms with van der Waals surface area (Å²) in [6.07, 6.45) is 1.23. The van der Waals surface area contributed by atoms with Gasteiger partial charge < -0.3 is 9.94 Å². The Bertz CT molecular complexity index is 833. The van der Waals surface area contributed by atoms with Gasteiger partial charge in [-0.25, -0.2) is 14.2 Å². The summed E-state index contributed by atoms with van der Waals surface area (Å²) in [4.78, 5) is 16.2. The van der Waals surface area contributed by atoms with Gasteiger partial charge in [0.1, 0.15) is 17.4 Å². The Kier molecular flexibility index (Phi) is 4.29. The van der Waals surface area contributed by atoms with E-state index in [4.69, 9.17) is 4.74 Å². The number of nitrogens with zero attached hydrogens (tertiary/aromatic N) is 2. The molecule has 0 fully saturated rings. The summed E-state index contributed by atoms with van der Waals surface area (Å²) in [6, 6.07) is 10.5. The first-order valence-electron chi connectivity index (χ1n) is 6.69. The molecule has 0 spiro atoms. The van der Waals surface area contributed by atoms with Gasteiger partial charge in [-0.1, -0.05) is 0 Å². The molecule has 3 aromatic rings. The number of carbonyl (C=O) groups excluding carboxylic acids is 1. The van der Waals surface area contributed by atoms with Crippen LogP contribution in [0.2, 0.25) is 0 Å². The number of hydrogen-bond donors (Lipinski definition) is 0. The molecule has 0 radical (unpaired) electrons. The number of rotatable bonds is 4. The second-order valence-corrected chi connectivity index (χ2v) is 5.50. The average Bonchev–Trinajstić information content (AvgIpc) is 3.03. The van der Waals surface area contributed by atoms with Crippen molar-refractivity contribution in [3.63, 3.8) is 0 Å². The Morgan fingerprint density at radius 2 is 2.04 bits per heavy atom. The van der Waals surface area contributed by atoms with Gasteiger partial charge in [0.05, 0.1) is 5.69 Å². The predicted octanol–water partition coefficient (Wildman–Crippen LogP) is 2.94. The van der Waals surface area contributed by atoms with E-state index in [0.717, 1.165) is 5.56 Å². The van der Waals surface area contributed by atoms with Crippen LogP contribution in [0, 0.1) is 11.0 Å². The Labute approximate surface area is 135 Å². The monoisotopic (exact) mass is 330 g/mol. The lowest BCUT2D eigenvalue weighted by Gasteiger charge is -2.03. The maximum absolute atomic E-state index is 12.9. The van der Waals surface area contributed by atoms with Crippen LogP contribution in [0.25, 0.3) is 10.6 Å². The molecule has 0 unspecified atom stereocenters. The highest BCUT2D eigenvalue weighted by atomic mass is 32.1. The molecule has 0 aliphatic carbocycles. The summed E-state index contributed by atoms with van der Waals surface area (Å²) in [7, 11) is 0. The molecule has 0 amide bonds. The molecule has 23 heavy (non-hydrogen) atoms. The van der Waals surface area contributed by atoms with Crippen LogP contribution in [0.3, 0.4) is 0 Å². The number of pyridine rings is 1. The van der Waals surface area contributed by atoms with Gasteiger partial charge in [0, 0.05) is 23.1 Å². The summed E-state index contributed by atoms with van der Waals surface area (Å²) < 4.78 is 18.4. The Morgan fingerprint density at radius 3 is 2.78 bits per heavy atom. The summed E-state index contributed by atoms with van der Waals surface area (Å²) in [5.74, 6) is -1.02. The highest BCUT2D eigenvalue weighted by Crippen LogP contribution is 2.24. The number of aromatic nitrogens is 2. The zero-order valence-electron chi connectivity index (χ0n) is 11.8. The van der Waals surface area contributed by atoms with Crippen LogP contribution in [-0.2, 0) is 11.3 Å². The predicted molar refractivity (Wildman–Crippen MR) is 82.0 cm³/mol. The molecule has 7 heteroatoms. The lowest BCUT2D eigenvalue weighted by molar-refractivity contribution is -0.608. The molecular formula is C16H11FN2O3S. The third-order valence-electron chi connectivity index (χ3n) is 3.03. The summed E-state index contributed by atoms with van der Waals surface area (Å²) in [5.41, 5.74) is 1.27. The Morgan fingerprint density at radius 1 is 1.26 bits per heavy atom. The smallest absolute Gasteiger partial charge is 0.405 e. The molecule has 1 aromatic carbocycles. The van der Waals surface area contributed by atoms with Gasteiger partial charge in [0.2, 0.25) is 0 Å². The summed E-state index contributed by atoms with van der Waals surface area (Å²) >= 11 is 1.37. The van der Waals surface area contributed by atoms with E-state index in [9.17, 15) is 14.4 Å². The number of thiazole rings is 1. The van der Waals surface area contributed by atoms with E-state index in [1.165, 1.54) is 41.8 Å². The zero-order valence-corrected chi connectivity index (χ0v) is 12.6. The van der Waals surface area contributed by atoms with E-state index < -0.39 is 5.97 Å². The number of halogens is 1. The highest BCUT2D eigenvalue weighted by Gasteiger charge is 2.17. The van der Waals surface area contributed by atoms with Crippen molar-refractivity contribution in [3.8, 4) is 10.6 Å². The number of ether oxygens (including phenoxy) is 1. The average molecular weight is 330 g/mol. The minimum atomic E-state index is -0.711. The maximum Gasteiger partial charge on any atom is 0.405 e. The van der Waals surface area contributed by atoms with Crippen molar-refractivity contribution in [3.05, 3.63) is 76.5 Å². The van der Waals surface area contributed by atoms with Gasteiger partial charge in [-0.2, -0.15) is 4.73 Å². The Balaban J connectivity index is 1.67. The third kappa shape index (κ3) is 3.51. The lowest BCUT2D eigenvalue weighted by atomic mass is 10.2. The van der Waals surface area contributed by atoms with E-state index in [1.807, 2.05) is 0 Å². The van der Waals surface area contributed by atoms with Crippen LogP contribution in [0.15, 0.2) is 54.0 Å². The van der Waals surface area contributed by atoms with Crippen LogP contribution < -0.4 is 4.73 Å². The molecule has 0 N–H and O–H groups in total. The van der Waals surface area contributed by atoms with Crippen LogP contribution in [0.4, 0.5) is 4.39 Å². The normalized spacial score (nSPS) is 10.5. The topological polar surface area (TPSA) is 66.1 Å². The van der Waals surface area contributed by atoms with Crippen molar-refractivity contribution in [1.29, 1.82) is 0 Å². The molecular weight excluding hydrogens is 319 g/mol. The van der Waals surface area contributed by atoms with Gasteiger partial charge in [-0.15, -0.1) is 11.3 Å².